The second kappa shape index (κ2) is 11.7. The average molecular weight is 440 g/mol. The first kappa shape index (κ1) is 25.5. The van der Waals surface area contributed by atoms with E-state index in [0.717, 1.165) is 42.4 Å². The van der Waals surface area contributed by atoms with Gasteiger partial charge < -0.3 is 0 Å². The van der Waals surface area contributed by atoms with Crippen LogP contribution in [0.25, 0.3) is 5.57 Å². The number of allylic oxidation sites excluding steroid dienone is 2. The van der Waals surface area contributed by atoms with Gasteiger partial charge in [0.15, 0.2) is 0 Å². The SMILES string of the molecule is C=C(C)c1cccc(CC(c2ccc(C#N)c(C(F)(F)F)c2)C2CCCCC2)c1.C=CC. The molecule has 0 amide bonds. The van der Waals surface area contributed by atoms with Crippen LogP contribution in [0.2, 0.25) is 0 Å². The van der Waals surface area contributed by atoms with Crippen LogP contribution in [0.4, 0.5) is 13.2 Å². The molecule has 0 radical (unpaired) electrons. The third-order valence-corrected chi connectivity index (χ3v) is 5.99. The second-order valence-electron chi connectivity index (χ2n) is 8.51. The number of rotatable bonds is 5. The van der Waals surface area contributed by atoms with Crippen LogP contribution >= 0.6 is 0 Å². The maximum atomic E-state index is 13.5. The molecule has 1 aliphatic carbocycles. The van der Waals surface area contributed by atoms with E-state index in [4.69, 9.17) is 5.26 Å². The summed E-state index contributed by atoms with van der Waals surface area (Å²) < 4.78 is 40.6. The molecule has 4 heteroatoms. The summed E-state index contributed by atoms with van der Waals surface area (Å²) in [5.74, 6) is 0.357. The molecule has 2 aromatic rings. The molecular formula is C28H32F3N. The lowest BCUT2D eigenvalue weighted by Crippen LogP contribution is -2.20. The third kappa shape index (κ3) is 6.85. The molecule has 0 bridgehead atoms. The molecule has 0 heterocycles. The molecule has 2 aromatic carbocycles. The Kier molecular flexibility index (Phi) is 9.32. The summed E-state index contributed by atoms with van der Waals surface area (Å²) in [5.41, 5.74) is 2.68. The van der Waals surface area contributed by atoms with Gasteiger partial charge in [-0.25, -0.2) is 0 Å². The molecule has 0 N–H and O–H groups in total. The van der Waals surface area contributed by atoms with Gasteiger partial charge in [0, 0.05) is 0 Å². The van der Waals surface area contributed by atoms with Crippen LogP contribution in [0.3, 0.4) is 0 Å². The van der Waals surface area contributed by atoms with Crippen LogP contribution in [0.5, 0.6) is 0 Å². The first-order valence-corrected chi connectivity index (χ1v) is 11.1. The second-order valence-corrected chi connectivity index (χ2v) is 8.51. The highest BCUT2D eigenvalue weighted by Gasteiger charge is 2.35. The summed E-state index contributed by atoms with van der Waals surface area (Å²) in [6, 6.07) is 14.1. The monoisotopic (exact) mass is 439 g/mol. The Hall–Kier alpha value is -2.80. The lowest BCUT2D eigenvalue weighted by atomic mass is 9.73. The van der Waals surface area contributed by atoms with E-state index in [9.17, 15) is 13.2 Å². The summed E-state index contributed by atoms with van der Waals surface area (Å²) in [6.45, 7) is 11.2. The van der Waals surface area contributed by atoms with Crippen molar-refractivity contribution < 1.29 is 13.2 Å². The Balaban J connectivity index is 0.00000114. The molecule has 1 nitrogen and oxygen atoms in total. The van der Waals surface area contributed by atoms with Crippen LogP contribution in [0, 0.1) is 17.2 Å². The van der Waals surface area contributed by atoms with Crippen molar-refractivity contribution in [2.24, 2.45) is 5.92 Å². The molecule has 1 fully saturated rings. The predicted octanol–water partition coefficient (Wildman–Crippen LogP) is 8.71. The summed E-state index contributed by atoms with van der Waals surface area (Å²) in [7, 11) is 0. The Bertz CT molecular complexity index is 959. The van der Waals surface area contributed by atoms with Crippen LogP contribution in [0.1, 0.15) is 79.7 Å². The molecule has 1 saturated carbocycles. The normalized spacial score (nSPS) is 15.1. The molecule has 1 unspecified atom stereocenters. The molecule has 1 aliphatic rings. The van der Waals surface area contributed by atoms with E-state index in [1.165, 1.54) is 18.6 Å². The summed E-state index contributed by atoms with van der Waals surface area (Å²) in [5, 5.41) is 9.12. The van der Waals surface area contributed by atoms with Crippen molar-refractivity contribution in [1.29, 1.82) is 5.26 Å². The zero-order valence-corrected chi connectivity index (χ0v) is 19.0. The van der Waals surface area contributed by atoms with Gasteiger partial charge in [-0.1, -0.05) is 67.8 Å². The molecule has 0 aliphatic heterocycles. The van der Waals surface area contributed by atoms with Crippen molar-refractivity contribution in [2.45, 2.75) is 64.5 Å². The van der Waals surface area contributed by atoms with Gasteiger partial charge in [-0.2, -0.15) is 18.4 Å². The number of alkyl halides is 3. The van der Waals surface area contributed by atoms with Crippen molar-refractivity contribution in [3.63, 3.8) is 0 Å². The van der Waals surface area contributed by atoms with Crippen molar-refractivity contribution in [1.82, 2.24) is 0 Å². The van der Waals surface area contributed by atoms with E-state index in [2.05, 4.69) is 19.2 Å². The Morgan fingerprint density at radius 3 is 2.38 bits per heavy atom. The molecule has 1 atom stereocenters. The Labute approximate surface area is 190 Å². The predicted molar refractivity (Wildman–Crippen MR) is 126 cm³/mol. The van der Waals surface area contributed by atoms with Crippen LogP contribution in [-0.2, 0) is 12.6 Å². The van der Waals surface area contributed by atoms with E-state index in [-0.39, 0.29) is 11.5 Å². The van der Waals surface area contributed by atoms with Gasteiger partial charge in [-0.3, -0.25) is 0 Å². The highest BCUT2D eigenvalue weighted by atomic mass is 19.4. The third-order valence-electron chi connectivity index (χ3n) is 5.99. The fourth-order valence-electron chi connectivity index (χ4n) is 4.44. The van der Waals surface area contributed by atoms with E-state index in [1.807, 2.05) is 32.0 Å². The molecule has 0 saturated heterocycles. The number of benzene rings is 2. The smallest absolute Gasteiger partial charge is 0.192 e. The quantitative estimate of drug-likeness (QED) is 0.427. The van der Waals surface area contributed by atoms with Crippen molar-refractivity contribution in [3.05, 3.63) is 89.5 Å². The van der Waals surface area contributed by atoms with Gasteiger partial charge in [0.1, 0.15) is 0 Å². The number of nitriles is 1. The van der Waals surface area contributed by atoms with Crippen molar-refractivity contribution >= 4 is 5.57 Å². The van der Waals surface area contributed by atoms with E-state index >= 15 is 0 Å². The van der Waals surface area contributed by atoms with Gasteiger partial charge in [0.25, 0.3) is 0 Å². The minimum Gasteiger partial charge on any atom is -0.192 e. The largest absolute Gasteiger partial charge is 0.417 e. The topological polar surface area (TPSA) is 23.8 Å². The highest BCUT2D eigenvalue weighted by Crippen LogP contribution is 2.41. The van der Waals surface area contributed by atoms with Crippen LogP contribution in [-0.4, -0.2) is 0 Å². The van der Waals surface area contributed by atoms with Gasteiger partial charge in [0.05, 0.1) is 17.2 Å². The van der Waals surface area contributed by atoms with Gasteiger partial charge in [-0.15, -0.1) is 6.58 Å². The fraction of sp³-hybridized carbons (Fsp3) is 0.393. The highest BCUT2D eigenvalue weighted by molar-refractivity contribution is 5.61. The Morgan fingerprint density at radius 1 is 1.16 bits per heavy atom. The molecule has 0 aromatic heterocycles. The molecule has 170 valence electrons. The molecular weight excluding hydrogens is 407 g/mol. The minimum absolute atomic E-state index is 0.00418. The lowest BCUT2D eigenvalue weighted by Gasteiger charge is -2.31. The van der Waals surface area contributed by atoms with Gasteiger partial charge in [0.2, 0.25) is 0 Å². The Morgan fingerprint density at radius 2 is 1.81 bits per heavy atom. The maximum absolute atomic E-state index is 13.5. The van der Waals surface area contributed by atoms with Gasteiger partial charge >= 0.3 is 6.18 Å². The molecule has 32 heavy (non-hydrogen) atoms. The zero-order chi connectivity index (χ0) is 23.7. The fourth-order valence-corrected chi connectivity index (χ4v) is 4.44. The first-order chi connectivity index (χ1) is 15.2. The molecule has 0 spiro atoms. The average Bonchev–Trinajstić information content (AvgIpc) is 2.78. The lowest BCUT2D eigenvalue weighted by molar-refractivity contribution is -0.137. The van der Waals surface area contributed by atoms with Crippen LogP contribution < -0.4 is 0 Å². The van der Waals surface area contributed by atoms with Crippen LogP contribution in [0.15, 0.2) is 61.7 Å². The number of nitrogens with zero attached hydrogens (tertiary/aromatic N) is 1. The number of hydrogen-bond donors (Lipinski definition) is 0. The number of hydrogen-bond acceptors (Lipinski definition) is 1. The van der Waals surface area contributed by atoms with E-state index < -0.39 is 11.7 Å². The van der Waals surface area contributed by atoms with E-state index in [0.29, 0.717) is 17.9 Å². The van der Waals surface area contributed by atoms with Gasteiger partial charge in [-0.05, 0) is 73.8 Å². The van der Waals surface area contributed by atoms with Crippen molar-refractivity contribution in [2.75, 3.05) is 0 Å². The summed E-state index contributed by atoms with van der Waals surface area (Å²) >= 11 is 0. The zero-order valence-electron chi connectivity index (χ0n) is 19.0. The summed E-state index contributed by atoms with van der Waals surface area (Å²) in [6.07, 6.45) is 3.41. The van der Waals surface area contributed by atoms with Crippen molar-refractivity contribution in [3.8, 4) is 6.07 Å². The number of halogens is 3. The molecule has 3 rings (SSSR count). The first-order valence-electron chi connectivity index (χ1n) is 11.1. The van der Waals surface area contributed by atoms with E-state index in [1.54, 1.807) is 18.2 Å². The summed E-state index contributed by atoms with van der Waals surface area (Å²) in [4.78, 5) is 0. The maximum Gasteiger partial charge on any atom is 0.417 e. The minimum atomic E-state index is -4.53. The standard InChI is InChI=1S/C25H26F3N.C3H6/c1-17(2)20-10-6-7-18(13-20)14-23(19-8-4-3-5-9-19)21-11-12-22(16-29)24(15-21)25(26,27)28;1-3-2/h6-7,10-13,15,19,23H,1,3-5,8-9,14H2,2H3;3H,1H2,2H3.